The van der Waals surface area contributed by atoms with E-state index >= 15 is 0 Å². The molecule has 7 nitrogen and oxygen atoms in total. The molecule has 10 heteroatoms. The Kier molecular flexibility index (Phi) is 5.64. The predicted molar refractivity (Wildman–Crippen MR) is 119 cm³/mol. The van der Waals surface area contributed by atoms with Gasteiger partial charge in [0.25, 0.3) is 0 Å². The van der Waals surface area contributed by atoms with Crippen LogP contribution in [-0.4, -0.2) is 36.4 Å². The molecule has 1 aromatic carbocycles. The van der Waals surface area contributed by atoms with E-state index in [0.717, 1.165) is 23.9 Å². The van der Waals surface area contributed by atoms with Gasteiger partial charge in [0.2, 0.25) is 5.88 Å². The van der Waals surface area contributed by atoms with Crippen LogP contribution in [0.1, 0.15) is 47.4 Å². The van der Waals surface area contributed by atoms with Crippen molar-refractivity contribution in [3.8, 4) is 11.6 Å². The van der Waals surface area contributed by atoms with E-state index in [1.807, 2.05) is 29.8 Å². The summed E-state index contributed by atoms with van der Waals surface area (Å²) in [6.45, 7) is 2.51. The average molecular weight is 466 g/mol. The Hall–Kier alpha value is -3.95. The van der Waals surface area contributed by atoms with Crippen molar-refractivity contribution in [2.24, 2.45) is 0 Å². The van der Waals surface area contributed by atoms with Crippen LogP contribution in [0.4, 0.5) is 13.2 Å². The summed E-state index contributed by atoms with van der Waals surface area (Å²) in [6.07, 6.45) is 8.30. The molecule has 0 fully saturated rings. The van der Waals surface area contributed by atoms with Gasteiger partial charge < -0.3 is 9.30 Å². The van der Waals surface area contributed by atoms with Gasteiger partial charge in [-0.15, -0.1) is 0 Å². The number of aromatic nitrogens is 6. The lowest BCUT2D eigenvalue weighted by atomic mass is 9.90. The zero-order valence-corrected chi connectivity index (χ0v) is 18.5. The first-order valence-electron chi connectivity index (χ1n) is 10.8. The summed E-state index contributed by atoms with van der Waals surface area (Å²) in [5.41, 5.74) is 2.35. The van der Waals surface area contributed by atoms with E-state index in [-0.39, 0.29) is 5.56 Å². The Morgan fingerprint density at radius 2 is 1.88 bits per heavy atom. The highest BCUT2D eigenvalue weighted by atomic mass is 19.2. The van der Waals surface area contributed by atoms with Crippen molar-refractivity contribution in [1.29, 1.82) is 0 Å². The molecule has 4 heterocycles. The number of nitrogens with zero attached hydrogens (tertiary/aromatic N) is 6. The minimum absolute atomic E-state index is 0.0829. The molecular weight excluding hydrogens is 445 g/mol. The van der Waals surface area contributed by atoms with Gasteiger partial charge in [0.15, 0.2) is 17.5 Å². The normalized spacial score (nSPS) is 15.6. The molecule has 1 aliphatic heterocycles. The highest BCUT2D eigenvalue weighted by molar-refractivity contribution is 5.65. The molecule has 5 rings (SSSR count). The van der Waals surface area contributed by atoms with Gasteiger partial charge in [-0.3, -0.25) is 0 Å². The third-order valence-electron chi connectivity index (χ3n) is 5.75. The van der Waals surface area contributed by atoms with Crippen LogP contribution in [0, 0.1) is 24.4 Å². The first-order chi connectivity index (χ1) is 16.4. The fourth-order valence-corrected chi connectivity index (χ4v) is 4.14. The Morgan fingerprint density at radius 3 is 2.65 bits per heavy atom. The van der Waals surface area contributed by atoms with E-state index in [9.17, 15) is 13.2 Å². The zero-order chi connectivity index (χ0) is 23.8. The monoisotopic (exact) mass is 466 g/mol. The summed E-state index contributed by atoms with van der Waals surface area (Å²) in [7, 11) is 1.55. The molecule has 0 bridgehead atoms. The second kappa shape index (κ2) is 8.77. The topological polar surface area (TPSA) is 70.7 Å². The van der Waals surface area contributed by atoms with E-state index in [0.29, 0.717) is 42.3 Å². The third kappa shape index (κ3) is 4.07. The number of aryl methyl sites for hydroxylation is 2. The van der Waals surface area contributed by atoms with Crippen LogP contribution in [0.25, 0.3) is 17.8 Å². The minimum Gasteiger partial charge on any atom is -0.479 e. The van der Waals surface area contributed by atoms with Gasteiger partial charge in [-0.1, -0.05) is 0 Å². The second-order valence-electron chi connectivity index (χ2n) is 8.05. The molecule has 0 radical (unpaired) electrons. The maximum atomic E-state index is 14.4. The lowest BCUT2D eigenvalue weighted by Gasteiger charge is -2.22. The van der Waals surface area contributed by atoms with Crippen molar-refractivity contribution in [2.45, 2.75) is 32.2 Å². The van der Waals surface area contributed by atoms with Crippen LogP contribution in [0.3, 0.4) is 0 Å². The summed E-state index contributed by atoms with van der Waals surface area (Å²) in [5.74, 6) is -2.21. The molecule has 1 unspecified atom stereocenters. The fourth-order valence-electron chi connectivity index (χ4n) is 4.14. The molecule has 0 saturated heterocycles. The molecule has 34 heavy (non-hydrogen) atoms. The summed E-state index contributed by atoms with van der Waals surface area (Å²) in [4.78, 5) is 13.3. The number of rotatable bonds is 5. The molecule has 3 aromatic heterocycles. The van der Waals surface area contributed by atoms with Gasteiger partial charge in [0.05, 0.1) is 24.8 Å². The SMILES string of the molecule is COc1nc(C=Cc2nc3n(n2)CCCC3c2cc(F)c(F)cc2F)ccc1-n1cnc(C)c1. The smallest absolute Gasteiger partial charge is 0.238 e. The Morgan fingerprint density at radius 1 is 1.06 bits per heavy atom. The van der Waals surface area contributed by atoms with Crippen molar-refractivity contribution in [3.05, 3.63) is 82.8 Å². The number of hydrogen-bond acceptors (Lipinski definition) is 5. The number of methoxy groups -OCH3 is 1. The Balaban J connectivity index is 1.43. The van der Waals surface area contributed by atoms with Gasteiger partial charge >= 0.3 is 0 Å². The highest BCUT2D eigenvalue weighted by Crippen LogP contribution is 2.34. The number of fused-ring (bicyclic) bond motifs is 1. The molecule has 0 aliphatic carbocycles. The van der Waals surface area contributed by atoms with Crippen molar-refractivity contribution < 1.29 is 17.9 Å². The van der Waals surface area contributed by atoms with Crippen LogP contribution in [0.5, 0.6) is 5.88 Å². The average Bonchev–Trinajstić information content (AvgIpc) is 3.45. The standard InChI is InChI=1S/C24H21F3N6O/c1-14-12-32(13-28-14)21-7-5-15(29-24(21)34-2)6-8-22-30-23-16(4-3-9-33(23)31-22)17-10-19(26)20(27)11-18(17)25/h5-8,10-13,16H,3-4,9H2,1-2H3. The molecular formula is C24H21F3N6O. The van der Waals surface area contributed by atoms with Crippen LogP contribution < -0.4 is 4.74 Å². The lowest BCUT2D eigenvalue weighted by molar-refractivity contribution is 0.395. The van der Waals surface area contributed by atoms with Gasteiger partial charge in [0, 0.05) is 30.3 Å². The van der Waals surface area contributed by atoms with E-state index < -0.39 is 23.4 Å². The van der Waals surface area contributed by atoms with Crippen molar-refractivity contribution in [3.63, 3.8) is 0 Å². The third-order valence-corrected chi connectivity index (χ3v) is 5.75. The van der Waals surface area contributed by atoms with Crippen molar-refractivity contribution in [2.75, 3.05) is 7.11 Å². The van der Waals surface area contributed by atoms with Gasteiger partial charge in [0.1, 0.15) is 17.3 Å². The first kappa shape index (κ1) is 21.9. The van der Waals surface area contributed by atoms with Gasteiger partial charge in [-0.05, 0) is 50.1 Å². The molecule has 4 aromatic rings. The Labute approximate surface area is 193 Å². The number of imidazole rings is 1. The number of benzene rings is 1. The first-order valence-corrected chi connectivity index (χ1v) is 10.8. The van der Waals surface area contributed by atoms with E-state index in [2.05, 4.69) is 20.1 Å². The molecule has 0 amide bonds. The van der Waals surface area contributed by atoms with Gasteiger partial charge in [-0.2, -0.15) is 5.10 Å². The molecule has 0 saturated carbocycles. The summed E-state index contributed by atoms with van der Waals surface area (Å²) in [5, 5.41) is 4.48. The van der Waals surface area contributed by atoms with Crippen LogP contribution in [-0.2, 0) is 6.54 Å². The Bertz CT molecular complexity index is 1390. The number of pyridine rings is 1. The molecule has 0 spiro atoms. The predicted octanol–water partition coefficient (Wildman–Crippen LogP) is 4.69. The second-order valence-corrected chi connectivity index (χ2v) is 8.05. The van der Waals surface area contributed by atoms with Crippen molar-refractivity contribution in [1.82, 2.24) is 29.3 Å². The molecule has 0 N–H and O–H groups in total. The minimum atomic E-state index is -1.21. The van der Waals surface area contributed by atoms with Crippen LogP contribution >= 0.6 is 0 Å². The zero-order valence-electron chi connectivity index (χ0n) is 18.5. The summed E-state index contributed by atoms with van der Waals surface area (Å²) in [6, 6.07) is 5.20. The van der Waals surface area contributed by atoms with Crippen LogP contribution in [0.15, 0.2) is 36.8 Å². The number of hydrogen-bond donors (Lipinski definition) is 0. The molecule has 1 aliphatic rings. The maximum absolute atomic E-state index is 14.4. The lowest BCUT2D eigenvalue weighted by Crippen LogP contribution is -2.19. The van der Waals surface area contributed by atoms with Crippen molar-refractivity contribution >= 4 is 12.2 Å². The van der Waals surface area contributed by atoms with Crippen LogP contribution in [0.2, 0.25) is 0 Å². The molecule has 1 atom stereocenters. The largest absolute Gasteiger partial charge is 0.479 e. The number of ether oxygens (including phenoxy) is 1. The molecule has 174 valence electrons. The quantitative estimate of drug-likeness (QED) is 0.399. The fraction of sp³-hybridized carbons (Fsp3) is 0.250. The summed E-state index contributed by atoms with van der Waals surface area (Å²) >= 11 is 0. The summed E-state index contributed by atoms with van der Waals surface area (Å²) < 4.78 is 50.5. The van der Waals surface area contributed by atoms with Gasteiger partial charge in [-0.25, -0.2) is 32.8 Å². The van der Waals surface area contributed by atoms with E-state index in [1.54, 1.807) is 30.3 Å². The number of halogens is 3. The maximum Gasteiger partial charge on any atom is 0.238 e. The van der Waals surface area contributed by atoms with E-state index in [1.165, 1.54) is 0 Å². The highest BCUT2D eigenvalue weighted by Gasteiger charge is 2.28. The van der Waals surface area contributed by atoms with E-state index in [4.69, 9.17) is 4.74 Å².